The molecule has 0 unspecified atom stereocenters. The molecule has 4 nitrogen and oxygen atoms in total. The number of nitriles is 1. The van der Waals surface area contributed by atoms with Crippen molar-refractivity contribution < 1.29 is 0 Å². The highest BCUT2D eigenvalue weighted by Gasteiger charge is 2.18. The van der Waals surface area contributed by atoms with Gasteiger partial charge in [-0.25, -0.2) is 0 Å². The molecular weight excluding hydrogens is 260 g/mol. The largest absolute Gasteiger partial charge is 0.328 e. The van der Waals surface area contributed by atoms with Crippen LogP contribution < -0.4 is 4.90 Å². The fraction of sp³-hybridized carbons (Fsp3) is 0.286. The summed E-state index contributed by atoms with van der Waals surface area (Å²) in [5.74, 6) is 1.31. The van der Waals surface area contributed by atoms with Crippen molar-refractivity contribution in [2.75, 3.05) is 11.9 Å². The molecule has 19 heavy (non-hydrogen) atoms. The molecule has 1 aromatic carbocycles. The van der Waals surface area contributed by atoms with Crippen LogP contribution in [0.15, 0.2) is 24.3 Å². The van der Waals surface area contributed by atoms with E-state index in [1.807, 2.05) is 44.1 Å². The molecule has 0 saturated carbocycles. The smallest absolute Gasteiger partial charge is 0.135 e. The van der Waals surface area contributed by atoms with Gasteiger partial charge in [0, 0.05) is 19.7 Å². The SMILES string of the molecule is Cc1nn(C)c(N(C)c2ccccc2C#N)c1CCl. The van der Waals surface area contributed by atoms with Crippen LogP contribution in [0.5, 0.6) is 0 Å². The predicted octanol–water partition coefficient (Wildman–Crippen LogP) is 3.11. The molecule has 0 bridgehead atoms. The predicted molar refractivity (Wildman–Crippen MR) is 76.7 cm³/mol. The van der Waals surface area contributed by atoms with E-state index >= 15 is 0 Å². The molecule has 0 spiro atoms. The highest BCUT2D eigenvalue weighted by Crippen LogP contribution is 2.31. The lowest BCUT2D eigenvalue weighted by molar-refractivity contribution is 0.750. The maximum Gasteiger partial charge on any atom is 0.135 e. The van der Waals surface area contributed by atoms with Crippen molar-refractivity contribution in [1.82, 2.24) is 9.78 Å². The van der Waals surface area contributed by atoms with Crippen LogP contribution >= 0.6 is 11.6 Å². The van der Waals surface area contributed by atoms with Crippen molar-refractivity contribution in [2.24, 2.45) is 7.05 Å². The maximum absolute atomic E-state index is 9.19. The molecule has 0 radical (unpaired) electrons. The minimum Gasteiger partial charge on any atom is -0.328 e. The Kier molecular flexibility index (Phi) is 3.77. The van der Waals surface area contributed by atoms with Gasteiger partial charge in [0.05, 0.1) is 22.8 Å². The average Bonchev–Trinajstić information content (AvgIpc) is 2.71. The summed E-state index contributed by atoms with van der Waals surface area (Å²) in [4.78, 5) is 1.95. The molecule has 0 fully saturated rings. The Morgan fingerprint density at radius 2 is 2.11 bits per heavy atom. The Morgan fingerprint density at radius 1 is 1.42 bits per heavy atom. The van der Waals surface area contributed by atoms with Crippen molar-refractivity contribution >= 4 is 23.1 Å². The summed E-state index contributed by atoms with van der Waals surface area (Å²) in [6.07, 6.45) is 0. The zero-order valence-electron chi connectivity index (χ0n) is 11.2. The zero-order valence-corrected chi connectivity index (χ0v) is 11.9. The molecule has 0 N–H and O–H groups in total. The third-order valence-electron chi connectivity index (χ3n) is 3.15. The second-order valence-electron chi connectivity index (χ2n) is 4.33. The summed E-state index contributed by atoms with van der Waals surface area (Å²) in [5.41, 5.74) is 3.37. The Morgan fingerprint density at radius 3 is 2.74 bits per heavy atom. The summed E-state index contributed by atoms with van der Waals surface area (Å²) < 4.78 is 1.79. The molecule has 0 saturated heterocycles. The molecule has 1 heterocycles. The van der Waals surface area contributed by atoms with E-state index in [4.69, 9.17) is 11.6 Å². The molecular formula is C14H15ClN4. The number of para-hydroxylation sites is 1. The number of nitrogens with zero attached hydrogens (tertiary/aromatic N) is 4. The van der Waals surface area contributed by atoms with Gasteiger partial charge in [-0.1, -0.05) is 12.1 Å². The number of alkyl halides is 1. The Hall–Kier alpha value is -1.99. The number of hydrogen-bond donors (Lipinski definition) is 0. The monoisotopic (exact) mass is 274 g/mol. The summed E-state index contributed by atoms with van der Waals surface area (Å²) in [6.45, 7) is 1.94. The van der Waals surface area contributed by atoms with Crippen molar-refractivity contribution in [1.29, 1.82) is 5.26 Å². The van der Waals surface area contributed by atoms with Crippen molar-refractivity contribution in [3.63, 3.8) is 0 Å². The van der Waals surface area contributed by atoms with Crippen LogP contribution in [0.1, 0.15) is 16.8 Å². The molecule has 5 heteroatoms. The Bertz CT molecular complexity index is 639. The minimum absolute atomic E-state index is 0.397. The number of rotatable bonds is 3. The van der Waals surface area contributed by atoms with Gasteiger partial charge in [0.2, 0.25) is 0 Å². The lowest BCUT2D eigenvalue weighted by atomic mass is 10.1. The van der Waals surface area contributed by atoms with Gasteiger partial charge >= 0.3 is 0 Å². The van der Waals surface area contributed by atoms with Gasteiger partial charge in [0.15, 0.2) is 0 Å². The molecule has 0 atom stereocenters. The average molecular weight is 275 g/mol. The van der Waals surface area contributed by atoms with Crippen LogP contribution in [0.2, 0.25) is 0 Å². The maximum atomic E-state index is 9.19. The van der Waals surface area contributed by atoms with Crippen LogP contribution in [0, 0.1) is 18.3 Å². The van der Waals surface area contributed by atoms with E-state index in [2.05, 4.69) is 11.2 Å². The van der Waals surface area contributed by atoms with Crippen molar-refractivity contribution in [3.8, 4) is 6.07 Å². The molecule has 0 amide bonds. The highest BCUT2D eigenvalue weighted by molar-refractivity contribution is 6.17. The highest BCUT2D eigenvalue weighted by atomic mass is 35.5. The van der Waals surface area contributed by atoms with Crippen LogP contribution in [0.3, 0.4) is 0 Å². The second-order valence-corrected chi connectivity index (χ2v) is 4.60. The van der Waals surface area contributed by atoms with E-state index in [1.165, 1.54) is 0 Å². The third-order valence-corrected chi connectivity index (χ3v) is 3.42. The molecule has 1 aromatic heterocycles. The Labute approximate surface area is 117 Å². The number of anilines is 2. The van der Waals surface area contributed by atoms with Crippen LogP contribution in [0.4, 0.5) is 11.5 Å². The first kappa shape index (κ1) is 13.4. The van der Waals surface area contributed by atoms with E-state index in [9.17, 15) is 5.26 Å². The number of aryl methyl sites for hydroxylation is 2. The van der Waals surface area contributed by atoms with Crippen LogP contribution in [0.25, 0.3) is 0 Å². The van der Waals surface area contributed by atoms with E-state index < -0.39 is 0 Å². The first-order valence-electron chi connectivity index (χ1n) is 5.91. The zero-order chi connectivity index (χ0) is 14.0. The fourth-order valence-electron chi connectivity index (χ4n) is 2.24. The second kappa shape index (κ2) is 5.33. The summed E-state index contributed by atoms with van der Waals surface area (Å²) in [5, 5.41) is 13.6. The van der Waals surface area contributed by atoms with Gasteiger partial charge in [-0.15, -0.1) is 11.6 Å². The van der Waals surface area contributed by atoms with E-state index in [0.717, 1.165) is 22.8 Å². The van der Waals surface area contributed by atoms with Gasteiger partial charge in [-0.2, -0.15) is 10.4 Å². The summed E-state index contributed by atoms with van der Waals surface area (Å²) in [6, 6.07) is 9.69. The quantitative estimate of drug-likeness (QED) is 0.808. The summed E-state index contributed by atoms with van der Waals surface area (Å²) in [7, 11) is 3.80. The van der Waals surface area contributed by atoms with Gasteiger partial charge < -0.3 is 4.90 Å². The van der Waals surface area contributed by atoms with Gasteiger partial charge in [0.1, 0.15) is 11.9 Å². The Balaban J connectivity index is 2.57. The number of hydrogen-bond acceptors (Lipinski definition) is 3. The minimum atomic E-state index is 0.397. The number of benzene rings is 1. The van der Waals surface area contributed by atoms with E-state index in [0.29, 0.717) is 11.4 Å². The molecule has 2 rings (SSSR count). The molecule has 0 aliphatic carbocycles. The van der Waals surface area contributed by atoms with Gasteiger partial charge in [-0.05, 0) is 19.1 Å². The number of halogens is 1. The summed E-state index contributed by atoms with van der Waals surface area (Å²) >= 11 is 6.01. The molecule has 98 valence electrons. The lowest BCUT2D eigenvalue weighted by Gasteiger charge is -2.21. The van der Waals surface area contributed by atoms with Gasteiger partial charge in [0.25, 0.3) is 0 Å². The van der Waals surface area contributed by atoms with Crippen LogP contribution in [-0.4, -0.2) is 16.8 Å². The molecule has 2 aromatic rings. The standard InChI is InChI=1S/C14H15ClN4/c1-10-12(8-15)14(19(3)17-10)18(2)13-7-5-4-6-11(13)9-16/h4-7H,8H2,1-3H3. The molecule has 0 aliphatic rings. The van der Waals surface area contributed by atoms with E-state index in [1.54, 1.807) is 10.7 Å². The first-order chi connectivity index (χ1) is 9.10. The van der Waals surface area contributed by atoms with Gasteiger partial charge in [-0.3, -0.25) is 4.68 Å². The topological polar surface area (TPSA) is 44.9 Å². The van der Waals surface area contributed by atoms with E-state index in [-0.39, 0.29) is 0 Å². The fourth-order valence-corrected chi connectivity index (χ4v) is 2.55. The molecule has 0 aliphatic heterocycles. The van der Waals surface area contributed by atoms with Crippen LogP contribution in [-0.2, 0) is 12.9 Å². The number of aromatic nitrogens is 2. The van der Waals surface area contributed by atoms with Crippen molar-refractivity contribution in [3.05, 3.63) is 41.1 Å². The first-order valence-corrected chi connectivity index (χ1v) is 6.45. The third kappa shape index (κ3) is 2.29. The van der Waals surface area contributed by atoms with Crippen molar-refractivity contribution in [2.45, 2.75) is 12.8 Å². The lowest BCUT2D eigenvalue weighted by Crippen LogP contribution is -2.16. The normalized spacial score (nSPS) is 10.3.